The first-order chi connectivity index (χ1) is 14.0. The maximum Gasteiger partial charge on any atom is 0.331 e. The van der Waals surface area contributed by atoms with Gasteiger partial charge in [0.2, 0.25) is 5.78 Å². The van der Waals surface area contributed by atoms with E-state index in [0.29, 0.717) is 5.56 Å². The van der Waals surface area contributed by atoms with Crippen LogP contribution >= 0.6 is 11.8 Å². The van der Waals surface area contributed by atoms with E-state index in [1.165, 1.54) is 6.08 Å². The van der Waals surface area contributed by atoms with Crippen LogP contribution in [0.2, 0.25) is 0 Å². The van der Waals surface area contributed by atoms with Gasteiger partial charge in [-0.05, 0) is 62.8 Å². The number of esters is 1. The topological polar surface area (TPSA) is 57.5 Å². The number of thioether (sulfide) groups is 1. The summed E-state index contributed by atoms with van der Waals surface area (Å²) >= 11 is 1.66. The highest BCUT2D eigenvalue weighted by atomic mass is 32.2. The smallest absolute Gasteiger partial charge is 0.331 e. The highest BCUT2D eigenvalue weighted by Crippen LogP contribution is 2.21. The molecule has 1 aliphatic heterocycles. The number of carbonyl (C=O) groups is 2. The van der Waals surface area contributed by atoms with Crippen LogP contribution in [0.3, 0.4) is 0 Å². The van der Waals surface area contributed by atoms with E-state index in [1.54, 1.807) is 17.8 Å². The van der Waals surface area contributed by atoms with Gasteiger partial charge < -0.3 is 14.0 Å². The molecule has 5 nitrogen and oxygen atoms in total. The third kappa shape index (κ3) is 5.61. The average Bonchev–Trinajstić information content (AvgIpc) is 3.34. The lowest BCUT2D eigenvalue weighted by Gasteiger charge is -2.14. The SMILES string of the molecule is CSc1ccc(/C=C/C(=O)OCC(=O)c2cc(C)n(C[C@H]3CCCO3)c2C)cc1. The summed E-state index contributed by atoms with van der Waals surface area (Å²) in [5.41, 5.74) is 3.42. The van der Waals surface area contributed by atoms with E-state index in [4.69, 9.17) is 9.47 Å². The number of benzene rings is 1. The number of ketones is 1. The lowest BCUT2D eigenvalue weighted by Crippen LogP contribution is -2.18. The molecule has 29 heavy (non-hydrogen) atoms. The Kier molecular flexibility index (Phi) is 7.34. The molecule has 0 bridgehead atoms. The molecule has 1 aromatic carbocycles. The van der Waals surface area contributed by atoms with Gasteiger partial charge in [0.1, 0.15) is 0 Å². The molecule has 1 saturated heterocycles. The standard InChI is InChI=1S/C23H27NO4S/c1-16-13-21(17(2)24(16)14-19-5-4-12-27-19)22(25)15-28-23(26)11-8-18-6-9-20(29-3)10-7-18/h6-11,13,19H,4-5,12,14-15H2,1-3H3/b11-8+/t19-/m1/s1. The summed E-state index contributed by atoms with van der Waals surface area (Å²) in [5.74, 6) is -0.719. The zero-order valence-corrected chi connectivity index (χ0v) is 18.0. The van der Waals surface area contributed by atoms with Crippen molar-refractivity contribution >= 4 is 29.6 Å². The predicted octanol–water partition coefficient (Wildman–Crippen LogP) is 4.45. The fourth-order valence-corrected chi connectivity index (χ4v) is 3.91. The van der Waals surface area contributed by atoms with Crippen LogP contribution in [0.15, 0.2) is 41.3 Å². The molecule has 0 saturated carbocycles. The minimum atomic E-state index is -0.527. The number of Topliss-reactive ketones (excluding diaryl/α,β-unsaturated/α-hetero) is 1. The largest absolute Gasteiger partial charge is 0.454 e. The number of aromatic nitrogens is 1. The molecule has 6 heteroatoms. The van der Waals surface area contributed by atoms with Crippen molar-refractivity contribution in [3.63, 3.8) is 0 Å². The fourth-order valence-electron chi connectivity index (χ4n) is 3.50. The average molecular weight is 414 g/mol. The normalized spacial score (nSPS) is 16.4. The highest BCUT2D eigenvalue weighted by Gasteiger charge is 2.21. The molecule has 0 amide bonds. The second-order valence-corrected chi connectivity index (χ2v) is 8.05. The van der Waals surface area contributed by atoms with E-state index in [9.17, 15) is 9.59 Å². The third-order valence-electron chi connectivity index (χ3n) is 5.16. The zero-order chi connectivity index (χ0) is 20.8. The lowest BCUT2D eigenvalue weighted by atomic mass is 10.1. The van der Waals surface area contributed by atoms with Crippen molar-refractivity contribution in [2.75, 3.05) is 19.5 Å². The molecule has 2 aromatic rings. The Hall–Kier alpha value is -2.31. The van der Waals surface area contributed by atoms with E-state index in [2.05, 4.69) is 4.57 Å². The summed E-state index contributed by atoms with van der Waals surface area (Å²) in [7, 11) is 0. The molecular weight excluding hydrogens is 386 g/mol. The van der Waals surface area contributed by atoms with Gasteiger partial charge in [-0.15, -0.1) is 11.8 Å². The number of nitrogens with zero attached hydrogens (tertiary/aromatic N) is 1. The number of hydrogen-bond donors (Lipinski definition) is 0. The molecule has 2 heterocycles. The van der Waals surface area contributed by atoms with Gasteiger partial charge in [-0.3, -0.25) is 4.79 Å². The van der Waals surface area contributed by atoms with Crippen LogP contribution in [-0.4, -0.2) is 41.9 Å². The quantitative estimate of drug-likeness (QED) is 0.277. The monoisotopic (exact) mass is 413 g/mol. The Bertz CT molecular complexity index is 892. The molecule has 1 atom stereocenters. The molecular formula is C23H27NO4S. The van der Waals surface area contributed by atoms with Crippen molar-refractivity contribution in [1.29, 1.82) is 0 Å². The molecule has 154 valence electrons. The van der Waals surface area contributed by atoms with Crippen LogP contribution in [0, 0.1) is 13.8 Å². The van der Waals surface area contributed by atoms with E-state index >= 15 is 0 Å². The third-order valence-corrected chi connectivity index (χ3v) is 5.90. The second kappa shape index (κ2) is 9.94. The first-order valence-corrected chi connectivity index (χ1v) is 11.0. The zero-order valence-electron chi connectivity index (χ0n) is 17.1. The van der Waals surface area contributed by atoms with Gasteiger partial charge >= 0.3 is 5.97 Å². The van der Waals surface area contributed by atoms with Gasteiger partial charge in [-0.25, -0.2) is 4.79 Å². The van der Waals surface area contributed by atoms with Crippen LogP contribution < -0.4 is 0 Å². The Labute approximate surface area is 176 Å². The van der Waals surface area contributed by atoms with E-state index < -0.39 is 5.97 Å². The van der Waals surface area contributed by atoms with Crippen molar-refractivity contribution in [3.05, 3.63) is 58.9 Å². The van der Waals surface area contributed by atoms with Crippen LogP contribution in [0.4, 0.5) is 0 Å². The van der Waals surface area contributed by atoms with Gasteiger partial charge in [0.15, 0.2) is 6.61 Å². The van der Waals surface area contributed by atoms with Crippen molar-refractivity contribution in [2.45, 2.75) is 44.2 Å². The van der Waals surface area contributed by atoms with Crippen LogP contribution in [-0.2, 0) is 20.8 Å². The summed E-state index contributed by atoms with van der Waals surface area (Å²) in [6.45, 7) is 5.20. The minimum Gasteiger partial charge on any atom is -0.454 e. The minimum absolute atomic E-state index is 0.192. The maximum absolute atomic E-state index is 12.6. The number of carbonyl (C=O) groups excluding carboxylic acids is 2. The lowest BCUT2D eigenvalue weighted by molar-refractivity contribution is -0.136. The van der Waals surface area contributed by atoms with Crippen molar-refractivity contribution in [3.8, 4) is 0 Å². The Morgan fingerprint density at radius 3 is 2.69 bits per heavy atom. The van der Waals surface area contributed by atoms with Gasteiger partial charge in [-0.1, -0.05) is 12.1 Å². The highest BCUT2D eigenvalue weighted by molar-refractivity contribution is 7.98. The number of ether oxygens (including phenoxy) is 2. The van der Waals surface area contributed by atoms with Gasteiger partial charge in [0.05, 0.1) is 6.10 Å². The van der Waals surface area contributed by atoms with E-state index in [-0.39, 0.29) is 18.5 Å². The molecule has 0 radical (unpaired) electrons. The Morgan fingerprint density at radius 2 is 2.03 bits per heavy atom. The summed E-state index contributed by atoms with van der Waals surface area (Å²) in [6, 6.07) is 9.72. The Balaban J connectivity index is 1.55. The fraction of sp³-hybridized carbons (Fsp3) is 0.391. The van der Waals surface area contributed by atoms with Crippen molar-refractivity contribution in [1.82, 2.24) is 4.57 Å². The summed E-state index contributed by atoms with van der Waals surface area (Å²) in [6.07, 6.45) is 7.38. The van der Waals surface area contributed by atoms with Crippen LogP contribution in [0.5, 0.6) is 0 Å². The molecule has 0 unspecified atom stereocenters. The van der Waals surface area contributed by atoms with Crippen molar-refractivity contribution in [2.24, 2.45) is 0 Å². The van der Waals surface area contributed by atoms with Gasteiger partial charge in [-0.2, -0.15) is 0 Å². The van der Waals surface area contributed by atoms with E-state index in [0.717, 1.165) is 47.8 Å². The molecule has 0 spiro atoms. The van der Waals surface area contributed by atoms with Crippen LogP contribution in [0.1, 0.15) is 40.2 Å². The van der Waals surface area contributed by atoms with Gasteiger partial charge in [0, 0.05) is 41.1 Å². The molecule has 1 fully saturated rings. The number of rotatable bonds is 8. The number of hydrogen-bond acceptors (Lipinski definition) is 5. The summed E-state index contributed by atoms with van der Waals surface area (Å²) < 4.78 is 13.0. The summed E-state index contributed by atoms with van der Waals surface area (Å²) in [5, 5.41) is 0. The second-order valence-electron chi connectivity index (χ2n) is 7.17. The van der Waals surface area contributed by atoms with Crippen molar-refractivity contribution < 1.29 is 19.1 Å². The molecule has 0 N–H and O–H groups in total. The molecule has 3 rings (SSSR count). The maximum atomic E-state index is 12.6. The first kappa shape index (κ1) is 21.4. The predicted molar refractivity (Wildman–Crippen MR) is 115 cm³/mol. The first-order valence-electron chi connectivity index (χ1n) is 9.78. The Morgan fingerprint density at radius 1 is 1.28 bits per heavy atom. The summed E-state index contributed by atoms with van der Waals surface area (Å²) in [4.78, 5) is 25.7. The molecule has 0 aliphatic carbocycles. The number of aryl methyl sites for hydroxylation is 1. The molecule has 1 aliphatic rings. The molecule has 1 aromatic heterocycles. The van der Waals surface area contributed by atoms with Crippen LogP contribution in [0.25, 0.3) is 6.08 Å². The van der Waals surface area contributed by atoms with Gasteiger partial charge in [0.25, 0.3) is 0 Å². The van der Waals surface area contributed by atoms with E-state index in [1.807, 2.05) is 50.4 Å².